The normalized spacial score (nSPS) is 16.4. The topological polar surface area (TPSA) is 71.5 Å². The summed E-state index contributed by atoms with van der Waals surface area (Å²) in [5.74, 6) is -0.378. The van der Waals surface area contributed by atoms with Crippen LogP contribution in [0.15, 0.2) is 58.3 Å². The minimum atomic E-state index is -3.92. The van der Waals surface area contributed by atoms with Crippen molar-refractivity contribution in [1.82, 2.24) is 4.31 Å². The lowest BCUT2D eigenvalue weighted by atomic mass is 9.95. The molecule has 1 saturated carbocycles. The summed E-state index contributed by atoms with van der Waals surface area (Å²) in [4.78, 5) is -0.0675. The fourth-order valence-corrected chi connectivity index (χ4v) is 6.01. The van der Waals surface area contributed by atoms with Crippen LogP contribution in [-0.2, 0) is 26.4 Å². The van der Waals surface area contributed by atoms with Crippen molar-refractivity contribution in [3.63, 3.8) is 0 Å². The predicted octanol–water partition coefficient (Wildman–Crippen LogP) is 3.75. The van der Waals surface area contributed by atoms with Gasteiger partial charge in [0.25, 0.3) is 0 Å². The van der Waals surface area contributed by atoms with Crippen LogP contribution in [0.1, 0.15) is 37.7 Å². The van der Waals surface area contributed by atoms with Gasteiger partial charge in [-0.15, -0.1) is 0 Å². The largest absolute Gasteiger partial charge is 0.243 e. The van der Waals surface area contributed by atoms with Crippen LogP contribution in [0.4, 0.5) is 4.39 Å². The van der Waals surface area contributed by atoms with Crippen molar-refractivity contribution >= 4 is 19.9 Å². The number of sulfone groups is 1. The smallest absolute Gasteiger partial charge is 0.224 e. The number of rotatable bonds is 6. The summed E-state index contributed by atoms with van der Waals surface area (Å²) >= 11 is 0. The molecule has 1 aliphatic rings. The number of hydrogen-bond acceptors (Lipinski definition) is 4. The van der Waals surface area contributed by atoms with Crippen molar-refractivity contribution in [2.75, 3.05) is 6.26 Å². The van der Waals surface area contributed by atoms with E-state index in [0.29, 0.717) is 5.56 Å². The predicted molar refractivity (Wildman–Crippen MR) is 106 cm³/mol. The highest BCUT2D eigenvalue weighted by atomic mass is 32.2. The Kier molecular flexibility index (Phi) is 6.21. The average Bonchev–Trinajstić information content (AvgIpc) is 2.67. The van der Waals surface area contributed by atoms with Crippen molar-refractivity contribution in [3.05, 3.63) is 59.9 Å². The molecule has 2 aromatic rings. The molecule has 0 spiro atoms. The molecule has 1 aliphatic carbocycles. The molecule has 0 radical (unpaired) electrons. The molecule has 2 aromatic carbocycles. The van der Waals surface area contributed by atoms with Crippen molar-refractivity contribution in [2.24, 2.45) is 0 Å². The van der Waals surface area contributed by atoms with Crippen LogP contribution in [0.5, 0.6) is 0 Å². The second-order valence-corrected chi connectivity index (χ2v) is 11.1. The van der Waals surface area contributed by atoms with Crippen molar-refractivity contribution in [2.45, 2.75) is 54.5 Å². The Bertz CT molecular complexity index is 1030. The first-order valence-electron chi connectivity index (χ1n) is 9.24. The molecule has 152 valence electrons. The maximum Gasteiger partial charge on any atom is 0.243 e. The molecule has 5 nitrogen and oxygen atoms in total. The van der Waals surface area contributed by atoms with E-state index in [2.05, 4.69) is 0 Å². The lowest BCUT2D eigenvalue weighted by Gasteiger charge is -2.33. The third-order valence-electron chi connectivity index (χ3n) is 5.07. The summed E-state index contributed by atoms with van der Waals surface area (Å²) in [6.07, 6.45) is 5.53. The highest BCUT2D eigenvalue weighted by molar-refractivity contribution is 7.91. The Morgan fingerprint density at radius 3 is 2.14 bits per heavy atom. The third kappa shape index (κ3) is 4.79. The summed E-state index contributed by atoms with van der Waals surface area (Å²) in [6.45, 7) is 0.121. The summed E-state index contributed by atoms with van der Waals surface area (Å²) in [5, 5.41) is 0. The molecule has 3 rings (SSSR count). The minimum Gasteiger partial charge on any atom is -0.224 e. The Morgan fingerprint density at radius 1 is 0.929 bits per heavy atom. The zero-order chi connectivity index (χ0) is 20.4. The average molecular weight is 426 g/mol. The van der Waals surface area contributed by atoms with Gasteiger partial charge in [-0.2, -0.15) is 4.31 Å². The fourth-order valence-electron chi connectivity index (χ4n) is 3.55. The molecule has 0 heterocycles. The highest BCUT2D eigenvalue weighted by Gasteiger charge is 2.33. The Morgan fingerprint density at radius 2 is 1.54 bits per heavy atom. The van der Waals surface area contributed by atoms with Crippen molar-refractivity contribution in [3.8, 4) is 0 Å². The lowest BCUT2D eigenvalue weighted by Crippen LogP contribution is -2.40. The van der Waals surface area contributed by atoms with Crippen LogP contribution in [-0.4, -0.2) is 33.4 Å². The van der Waals surface area contributed by atoms with Gasteiger partial charge in [-0.05, 0) is 48.7 Å². The van der Waals surface area contributed by atoms with Crippen LogP contribution in [0, 0.1) is 5.82 Å². The van der Waals surface area contributed by atoms with E-state index >= 15 is 0 Å². The summed E-state index contributed by atoms with van der Waals surface area (Å²) in [5.41, 5.74) is 0.690. The van der Waals surface area contributed by atoms with Gasteiger partial charge in [-0.1, -0.05) is 37.5 Å². The zero-order valence-electron chi connectivity index (χ0n) is 15.7. The second kappa shape index (κ2) is 8.31. The van der Waals surface area contributed by atoms with Crippen molar-refractivity contribution < 1.29 is 21.2 Å². The third-order valence-corrected chi connectivity index (χ3v) is 8.08. The first-order valence-corrected chi connectivity index (χ1v) is 12.6. The highest BCUT2D eigenvalue weighted by Crippen LogP contribution is 2.30. The zero-order valence-corrected chi connectivity index (χ0v) is 17.3. The molecule has 28 heavy (non-hydrogen) atoms. The Hall–Kier alpha value is -1.77. The number of sulfonamides is 1. The molecule has 0 unspecified atom stereocenters. The molecule has 0 atom stereocenters. The van der Waals surface area contributed by atoms with Gasteiger partial charge in [0, 0.05) is 18.8 Å². The molecular weight excluding hydrogens is 401 g/mol. The van der Waals surface area contributed by atoms with Crippen LogP contribution in [0.25, 0.3) is 0 Å². The molecule has 0 amide bonds. The van der Waals surface area contributed by atoms with Gasteiger partial charge < -0.3 is 0 Å². The number of nitrogens with zero attached hydrogens (tertiary/aromatic N) is 1. The molecule has 1 fully saturated rings. The molecule has 0 N–H and O–H groups in total. The monoisotopic (exact) mass is 425 g/mol. The summed E-state index contributed by atoms with van der Waals surface area (Å²) < 4.78 is 65.3. The number of hydrogen-bond donors (Lipinski definition) is 0. The number of benzene rings is 2. The minimum absolute atomic E-state index is 0.0287. The summed E-state index contributed by atoms with van der Waals surface area (Å²) in [7, 11) is -7.44. The van der Waals surface area contributed by atoms with Gasteiger partial charge in [-0.25, -0.2) is 21.2 Å². The van der Waals surface area contributed by atoms with Crippen LogP contribution < -0.4 is 0 Å². The van der Waals surface area contributed by atoms with E-state index < -0.39 is 19.9 Å². The number of halogens is 1. The Balaban J connectivity index is 2.01. The van der Waals surface area contributed by atoms with E-state index in [1.54, 1.807) is 12.1 Å². The maximum atomic E-state index is 13.4. The second-order valence-electron chi connectivity index (χ2n) is 7.22. The standard InChI is InChI=1S/C20H24FNO4S2/c1-27(23,24)19-8-5-9-20(14-19)28(25,26)22(18-6-3-2-4-7-18)15-16-10-12-17(21)13-11-16/h5,8-14,18H,2-4,6-7,15H2,1H3. The van der Waals surface area contributed by atoms with Gasteiger partial charge in [0.2, 0.25) is 10.0 Å². The van der Waals surface area contributed by atoms with E-state index in [4.69, 9.17) is 0 Å². The Labute approximate surface area is 166 Å². The van der Waals surface area contributed by atoms with Gasteiger partial charge in [-0.3, -0.25) is 0 Å². The summed E-state index contributed by atoms with van der Waals surface area (Å²) in [6, 6.07) is 11.1. The molecular formula is C20H24FNO4S2. The van der Waals surface area contributed by atoms with E-state index in [1.165, 1.54) is 40.7 Å². The molecule has 0 bridgehead atoms. The lowest BCUT2D eigenvalue weighted by molar-refractivity contribution is 0.247. The molecule has 0 aromatic heterocycles. The first-order chi connectivity index (χ1) is 13.2. The molecule has 0 saturated heterocycles. The van der Waals surface area contributed by atoms with E-state index in [1.807, 2.05) is 0 Å². The van der Waals surface area contributed by atoms with Gasteiger partial charge in [0.15, 0.2) is 9.84 Å². The maximum absolute atomic E-state index is 13.4. The molecule has 8 heteroatoms. The van der Waals surface area contributed by atoms with Crippen LogP contribution in [0.3, 0.4) is 0 Å². The van der Waals surface area contributed by atoms with Gasteiger partial charge in [0.05, 0.1) is 9.79 Å². The quantitative estimate of drug-likeness (QED) is 0.707. The first kappa shape index (κ1) is 21.0. The van der Waals surface area contributed by atoms with Crippen LogP contribution >= 0.6 is 0 Å². The van der Waals surface area contributed by atoms with E-state index in [0.717, 1.165) is 38.4 Å². The molecule has 0 aliphatic heterocycles. The van der Waals surface area contributed by atoms with E-state index in [9.17, 15) is 21.2 Å². The van der Waals surface area contributed by atoms with Crippen molar-refractivity contribution in [1.29, 1.82) is 0 Å². The van der Waals surface area contributed by atoms with Gasteiger partial charge >= 0.3 is 0 Å². The SMILES string of the molecule is CS(=O)(=O)c1cccc(S(=O)(=O)N(Cc2ccc(F)cc2)C2CCCCC2)c1. The fraction of sp³-hybridized carbons (Fsp3) is 0.400. The van der Waals surface area contributed by atoms with E-state index in [-0.39, 0.29) is 28.2 Å². The van der Waals surface area contributed by atoms with Gasteiger partial charge in [0.1, 0.15) is 5.82 Å². The van der Waals surface area contributed by atoms with Crippen LogP contribution in [0.2, 0.25) is 0 Å².